The van der Waals surface area contributed by atoms with Crippen LogP contribution in [0.5, 0.6) is 0 Å². The Hall–Kier alpha value is -0.830. The molecule has 0 rings (SSSR count). The summed E-state index contributed by atoms with van der Waals surface area (Å²) in [6.45, 7) is 8.27. The maximum absolute atomic E-state index is 11.5. The standard InChI is InChI=1S/C10H20N2O/c1-6-9(8(2)3)12(5)10(13)7-11-4/h6,8-9,11H,1,7H2,2-5H3. The number of nitrogens with zero attached hydrogens (tertiary/aromatic N) is 1. The zero-order chi connectivity index (χ0) is 10.4. The average molecular weight is 184 g/mol. The van der Waals surface area contributed by atoms with Crippen LogP contribution < -0.4 is 5.32 Å². The Balaban J connectivity index is 4.27. The predicted molar refractivity (Wildman–Crippen MR) is 55.5 cm³/mol. The molecule has 0 aromatic rings. The molecule has 0 heterocycles. The highest BCUT2D eigenvalue weighted by atomic mass is 16.2. The maximum atomic E-state index is 11.5. The van der Waals surface area contributed by atoms with Crippen LogP contribution >= 0.6 is 0 Å². The van der Waals surface area contributed by atoms with Gasteiger partial charge in [-0.1, -0.05) is 19.9 Å². The van der Waals surface area contributed by atoms with Crippen LogP contribution in [0.2, 0.25) is 0 Å². The second-order valence-electron chi connectivity index (χ2n) is 3.51. The van der Waals surface area contributed by atoms with Gasteiger partial charge in [0.1, 0.15) is 0 Å². The van der Waals surface area contributed by atoms with E-state index in [-0.39, 0.29) is 11.9 Å². The Morgan fingerprint density at radius 2 is 2.15 bits per heavy atom. The maximum Gasteiger partial charge on any atom is 0.236 e. The molecule has 0 aromatic heterocycles. The molecular weight excluding hydrogens is 164 g/mol. The van der Waals surface area contributed by atoms with E-state index in [2.05, 4.69) is 25.7 Å². The summed E-state index contributed by atoms with van der Waals surface area (Å²) in [7, 11) is 3.58. The molecule has 0 aliphatic rings. The molecule has 76 valence electrons. The van der Waals surface area contributed by atoms with Crippen molar-refractivity contribution in [3.63, 3.8) is 0 Å². The van der Waals surface area contributed by atoms with Crippen molar-refractivity contribution in [2.45, 2.75) is 19.9 Å². The molecule has 3 nitrogen and oxygen atoms in total. The van der Waals surface area contributed by atoms with Crippen molar-refractivity contribution in [1.29, 1.82) is 0 Å². The Morgan fingerprint density at radius 3 is 2.46 bits per heavy atom. The molecule has 0 fully saturated rings. The zero-order valence-electron chi connectivity index (χ0n) is 9.00. The van der Waals surface area contributed by atoms with Crippen LogP contribution in [-0.4, -0.2) is 37.5 Å². The molecule has 0 aromatic carbocycles. The van der Waals surface area contributed by atoms with Gasteiger partial charge in [0.05, 0.1) is 12.6 Å². The fourth-order valence-corrected chi connectivity index (χ4v) is 1.32. The molecule has 0 saturated heterocycles. The number of amides is 1. The largest absolute Gasteiger partial charge is 0.338 e. The van der Waals surface area contributed by atoms with E-state index in [1.807, 2.05) is 13.1 Å². The van der Waals surface area contributed by atoms with E-state index in [0.717, 1.165) is 0 Å². The first-order valence-electron chi connectivity index (χ1n) is 4.57. The normalized spacial score (nSPS) is 12.7. The summed E-state index contributed by atoms with van der Waals surface area (Å²) >= 11 is 0. The molecule has 1 amide bonds. The lowest BCUT2D eigenvalue weighted by molar-refractivity contribution is -0.130. The second-order valence-corrected chi connectivity index (χ2v) is 3.51. The van der Waals surface area contributed by atoms with Crippen molar-refractivity contribution >= 4 is 5.91 Å². The topological polar surface area (TPSA) is 32.3 Å². The highest BCUT2D eigenvalue weighted by Gasteiger charge is 2.18. The van der Waals surface area contributed by atoms with Crippen molar-refractivity contribution in [2.75, 3.05) is 20.6 Å². The lowest BCUT2D eigenvalue weighted by atomic mass is 10.0. The third kappa shape index (κ3) is 3.59. The van der Waals surface area contributed by atoms with Crippen LogP contribution in [0.25, 0.3) is 0 Å². The van der Waals surface area contributed by atoms with Crippen molar-refractivity contribution < 1.29 is 4.79 Å². The van der Waals surface area contributed by atoms with Gasteiger partial charge in [-0.15, -0.1) is 6.58 Å². The first kappa shape index (κ1) is 12.2. The van der Waals surface area contributed by atoms with Crippen LogP contribution in [0.4, 0.5) is 0 Å². The number of hydrogen-bond donors (Lipinski definition) is 1. The first-order chi connectivity index (χ1) is 6.04. The fourth-order valence-electron chi connectivity index (χ4n) is 1.32. The molecule has 0 spiro atoms. The van der Waals surface area contributed by atoms with Gasteiger partial charge < -0.3 is 10.2 Å². The summed E-state index contributed by atoms with van der Waals surface area (Å²) in [4.78, 5) is 13.2. The SMILES string of the molecule is C=CC(C(C)C)N(C)C(=O)CNC. The van der Waals surface area contributed by atoms with E-state index in [0.29, 0.717) is 12.5 Å². The smallest absolute Gasteiger partial charge is 0.236 e. The minimum absolute atomic E-state index is 0.0982. The van der Waals surface area contributed by atoms with Gasteiger partial charge in [0.25, 0.3) is 0 Å². The van der Waals surface area contributed by atoms with Crippen LogP contribution in [-0.2, 0) is 4.79 Å². The van der Waals surface area contributed by atoms with Gasteiger partial charge in [-0.05, 0) is 13.0 Å². The van der Waals surface area contributed by atoms with Gasteiger partial charge in [-0.3, -0.25) is 4.79 Å². The lowest BCUT2D eigenvalue weighted by Crippen LogP contribution is -2.42. The molecule has 3 heteroatoms. The van der Waals surface area contributed by atoms with Gasteiger partial charge in [0.2, 0.25) is 5.91 Å². The van der Waals surface area contributed by atoms with Crippen molar-refractivity contribution in [2.24, 2.45) is 5.92 Å². The van der Waals surface area contributed by atoms with Crippen molar-refractivity contribution in [1.82, 2.24) is 10.2 Å². The number of carbonyl (C=O) groups is 1. The summed E-state index contributed by atoms with van der Waals surface area (Å²) in [5.41, 5.74) is 0. The number of hydrogen-bond acceptors (Lipinski definition) is 2. The fraction of sp³-hybridized carbons (Fsp3) is 0.700. The Bertz CT molecular complexity index is 178. The van der Waals surface area contributed by atoms with Crippen LogP contribution in [0.15, 0.2) is 12.7 Å². The lowest BCUT2D eigenvalue weighted by Gasteiger charge is -2.28. The number of carbonyl (C=O) groups excluding carboxylic acids is 1. The molecule has 1 unspecified atom stereocenters. The first-order valence-corrected chi connectivity index (χ1v) is 4.57. The Morgan fingerprint density at radius 1 is 1.62 bits per heavy atom. The van der Waals surface area contributed by atoms with E-state index in [1.54, 1.807) is 11.9 Å². The molecule has 0 aliphatic heterocycles. The Labute approximate surface area is 80.8 Å². The number of rotatable bonds is 5. The third-order valence-electron chi connectivity index (χ3n) is 2.09. The van der Waals surface area contributed by atoms with Crippen molar-refractivity contribution in [3.8, 4) is 0 Å². The van der Waals surface area contributed by atoms with E-state index in [9.17, 15) is 4.79 Å². The molecule has 0 saturated carbocycles. The van der Waals surface area contributed by atoms with E-state index < -0.39 is 0 Å². The summed E-state index contributed by atoms with van der Waals surface area (Å²) in [5.74, 6) is 0.504. The highest BCUT2D eigenvalue weighted by molar-refractivity contribution is 5.78. The van der Waals surface area contributed by atoms with Gasteiger partial charge >= 0.3 is 0 Å². The van der Waals surface area contributed by atoms with E-state index in [1.165, 1.54) is 0 Å². The van der Waals surface area contributed by atoms with E-state index >= 15 is 0 Å². The highest BCUT2D eigenvalue weighted by Crippen LogP contribution is 2.09. The second kappa shape index (κ2) is 5.75. The number of likely N-dealkylation sites (N-methyl/N-ethyl adjacent to an activating group) is 2. The van der Waals surface area contributed by atoms with Gasteiger partial charge in [-0.25, -0.2) is 0 Å². The summed E-state index contributed by atoms with van der Waals surface area (Å²) in [6, 6.07) is 0.126. The molecule has 0 aliphatic carbocycles. The number of nitrogens with one attached hydrogen (secondary N) is 1. The molecule has 0 radical (unpaired) electrons. The predicted octanol–water partition coefficient (Wildman–Crippen LogP) is 0.875. The molecule has 1 atom stereocenters. The minimum atomic E-state index is 0.0982. The molecule has 0 bridgehead atoms. The zero-order valence-corrected chi connectivity index (χ0v) is 9.00. The average Bonchev–Trinajstić information content (AvgIpc) is 2.05. The molecule has 13 heavy (non-hydrogen) atoms. The quantitative estimate of drug-likeness (QED) is 0.643. The van der Waals surface area contributed by atoms with Gasteiger partial charge in [0, 0.05) is 7.05 Å². The van der Waals surface area contributed by atoms with Gasteiger partial charge in [0.15, 0.2) is 0 Å². The van der Waals surface area contributed by atoms with Crippen LogP contribution in [0.1, 0.15) is 13.8 Å². The van der Waals surface area contributed by atoms with E-state index in [4.69, 9.17) is 0 Å². The van der Waals surface area contributed by atoms with Crippen molar-refractivity contribution in [3.05, 3.63) is 12.7 Å². The molecular formula is C10H20N2O. The summed E-state index contributed by atoms with van der Waals surface area (Å²) < 4.78 is 0. The third-order valence-corrected chi connectivity index (χ3v) is 2.09. The monoisotopic (exact) mass is 184 g/mol. The van der Waals surface area contributed by atoms with Gasteiger partial charge in [-0.2, -0.15) is 0 Å². The minimum Gasteiger partial charge on any atom is -0.338 e. The summed E-state index contributed by atoms with van der Waals surface area (Å²) in [6.07, 6.45) is 1.82. The van der Waals surface area contributed by atoms with Crippen LogP contribution in [0, 0.1) is 5.92 Å². The molecule has 1 N–H and O–H groups in total. The Kier molecular flexibility index (Phi) is 5.39. The van der Waals surface area contributed by atoms with Crippen LogP contribution in [0.3, 0.4) is 0 Å². The summed E-state index contributed by atoms with van der Waals surface area (Å²) in [5, 5.41) is 2.84.